The van der Waals surface area contributed by atoms with Crippen LogP contribution in [0.1, 0.15) is 20.3 Å². The predicted octanol–water partition coefficient (Wildman–Crippen LogP) is 1.00. The molecule has 0 rings (SSSR count). The van der Waals surface area contributed by atoms with E-state index >= 15 is 0 Å². The second-order valence-corrected chi connectivity index (χ2v) is 3.93. The first-order valence-corrected chi connectivity index (χ1v) is 5.72. The molecule has 0 aliphatic heterocycles. The van der Waals surface area contributed by atoms with Crippen molar-refractivity contribution in [1.29, 1.82) is 5.53 Å². The molecule has 0 fully saturated rings. The van der Waals surface area contributed by atoms with E-state index in [4.69, 9.17) is 15.4 Å². The fourth-order valence-corrected chi connectivity index (χ4v) is 1.17. The Morgan fingerprint density at radius 1 is 1.56 bits per heavy atom. The van der Waals surface area contributed by atoms with E-state index in [1.165, 1.54) is 13.3 Å². The minimum atomic E-state index is -0.520. The Morgan fingerprint density at radius 3 is 2.67 bits per heavy atom. The minimum Gasteiger partial charge on any atom is -0.476 e. The molecule has 104 valence electrons. The lowest BCUT2D eigenvalue weighted by atomic mass is 10.1. The van der Waals surface area contributed by atoms with Crippen molar-refractivity contribution in [2.45, 2.75) is 26.3 Å². The lowest BCUT2D eigenvalue weighted by Gasteiger charge is -2.18. The standard InChI is InChI=1S/C11H21N3O4/c1-8(2)10(11(16)17-3)13-7-9(14-12)18-6-4-5-15/h7-8,10,12-13,15H,4-6H2,1-3H3/b9-7+,14-12?. The van der Waals surface area contributed by atoms with Crippen LogP contribution in [-0.2, 0) is 14.3 Å². The number of methoxy groups -OCH3 is 1. The first-order chi connectivity index (χ1) is 8.56. The second-order valence-electron chi connectivity index (χ2n) is 3.93. The molecule has 1 atom stereocenters. The summed E-state index contributed by atoms with van der Waals surface area (Å²) in [5.41, 5.74) is 6.91. The Labute approximate surface area is 107 Å². The molecule has 3 N–H and O–H groups in total. The van der Waals surface area contributed by atoms with Gasteiger partial charge in [0, 0.05) is 13.0 Å². The van der Waals surface area contributed by atoms with Crippen molar-refractivity contribution < 1.29 is 19.4 Å². The molecule has 0 heterocycles. The molecule has 0 saturated heterocycles. The first-order valence-electron chi connectivity index (χ1n) is 5.72. The molecule has 0 spiro atoms. The van der Waals surface area contributed by atoms with Crippen LogP contribution < -0.4 is 5.32 Å². The summed E-state index contributed by atoms with van der Waals surface area (Å²) in [6.45, 7) is 4.01. The van der Waals surface area contributed by atoms with Crippen LogP contribution in [0.15, 0.2) is 17.2 Å². The smallest absolute Gasteiger partial charge is 0.328 e. The monoisotopic (exact) mass is 259 g/mol. The summed E-state index contributed by atoms with van der Waals surface area (Å²) in [6, 6.07) is -0.520. The normalized spacial score (nSPS) is 13.1. The molecule has 0 aromatic heterocycles. The molecule has 0 amide bonds. The van der Waals surface area contributed by atoms with E-state index in [1.807, 2.05) is 13.8 Å². The van der Waals surface area contributed by atoms with E-state index in [0.29, 0.717) is 6.42 Å². The van der Waals surface area contributed by atoms with Crippen LogP contribution in [0.2, 0.25) is 0 Å². The number of aliphatic hydroxyl groups excluding tert-OH is 1. The molecule has 7 heteroatoms. The Bertz CT molecular complexity index is 292. The summed E-state index contributed by atoms with van der Waals surface area (Å²) in [6.07, 6.45) is 1.81. The third-order valence-electron chi connectivity index (χ3n) is 2.17. The lowest BCUT2D eigenvalue weighted by molar-refractivity contribution is -0.144. The number of hydrogen-bond donors (Lipinski definition) is 3. The number of hydrogen-bond acceptors (Lipinski definition) is 7. The lowest BCUT2D eigenvalue weighted by Crippen LogP contribution is -2.39. The quantitative estimate of drug-likeness (QED) is 0.248. The SMILES string of the molecule is COC(=O)C(N/C=C(\N=N)OCCCO)C(C)C. The average Bonchev–Trinajstić information content (AvgIpc) is 2.36. The van der Waals surface area contributed by atoms with Gasteiger partial charge in [0.2, 0.25) is 5.88 Å². The van der Waals surface area contributed by atoms with Crippen LogP contribution in [0.3, 0.4) is 0 Å². The van der Waals surface area contributed by atoms with Gasteiger partial charge >= 0.3 is 5.97 Å². The van der Waals surface area contributed by atoms with Crippen molar-refractivity contribution in [1.82, 2.24) is 5.32 Å². The van der Waals surface area contributed by atoms with E-state index in [-0.39, 0.29) is 31.0 Å². The van der Waals surface area contributed by atoms with Gasteiger partial charge in [0.15, 0.2) is 0 Å². The van der Waals surface area contributed by atoms with E-state index in [0.717, 1.165) is 0 Å². The van der Waals surface area contributed by atoms with Gasteiger partial charge in [-0.3, -0.25) is 0 Å². The molecule has 0 aliphatic rings. The summed E-state index contributed by atoms with van der Waals surface area (Å²) < 4.78 is 9.76. The van der Waals surface area contributed by atoms with Gasteiger partial charge in [0.05, 0.1) is 19.9 Å². The van der Waals surface area contributed by atoms with Crippen LogP contribution in [0.4, 0.5) is 0 Å². The Balaban J connectivity index is 4.42. The number of esters is 1. The highest BCUT2D eigenvalue weighted by Crippen LogP contribution is 2.05. The van der Waals surface area contributed by atoms with Gasteiger partial charge in [-0.25, -0.2) is 10.3 Å². The molecule has 1 unspecified atom stereocenters. The van der Waals surface area contributed by atoms with Crippen LogP contribution in [0, 0.1) is 11.4 Å². The maximum atomic E-state index is 11.4. The summed E-state index contributed by atoms with van der Waals surface area (Å²) in [5.74, 6) is -0.308. The van der Waals surface area contributed by atoms with Gasteiger partial charge in [0.25, 0.3) is 0 Å². The van der Waals surface area contributed by atoms with Crippen LogP contribution >= 0.6 is 0 Å². The molecular formula is C11H21N3O4. The molecule has 0 aliphatic carbocycles. The second kappa shape index (κ2) is 9.41. The molecule has 0 bridgehead atoms. The molecule has 0 aromatic rings. The van der Waals surface area contributed by atoms with Gasteiger partial charge in [-0.2, -0.15) is 0 Å². The Hall–Kier alpha value is -1.63. The van der Waals surface area contributed by atoms with Crippen molar-refractivity contribution in [2.75, 3.05) is 20.3 Å². The zero-order chi connectivity index (χ0) is 14.0. The topological polar surface area (TPSA) is 104 Å². The first kappa shape index (κ1) is 16.4. The molecule has 7 nitrogen and oxygen atoms in total. The Kier molecular flexibility index (Phi) is 8.55. The van der Waals surface area contributed by atoms with Crippen molar-refractivity contribution in [3.8, 4) is 0 Å². The number of ether oxygens (including phenoxy) is 2. The van der Waals surface area contributed by atoms with Gasteiger partial charge < -0.3 is 19.9 Å². The van der Waals surface area contributed by atoms with Gasteiger partial charge in [-0.15, -0.1) is 5.11 Å². The summed E-state index contributed by atoms with van der Waals surface area (Å²) >= 11 is 0. The maximum Gasteiger partial charge on any atom is 0.328 e. The largest absolute Gasteiger partial charge is 0.476 e. The van der Waals surface area contributed by atoms with E-state index in [9.17, 15) is 4.79 Å². The summed E-state index contributed by atoms with van der Waals surface area (Å²) in [5, 5.41) is 14.6. The van der Waals surface area contributed by atoms with Crippen molar-refractivity contribution in [3.63, 3.8) is 0 Å². The fraction of sp³-hybridized carbons (Fsp3) is 0.727. The highest BCUT2D eigenvalue weighted by Gasteiger charge is 2.21. The Morgan fingerprint density at radius 2 is 2.22 bits per heavy atom. The van der Waals surface area contributed by atoms with Crippen LogP contribution in [0.25, 0.3) is 0 Å². The highest BCUT2D eigenvalue weighted by molar-refractivity contribution is 5.76. The number of nitrogens with zero attached hydrogens (tertiary/aromatic N) is 1. The number of carbonyl (C=O) groups excluding carboxylic acids is 1. The van der Waals surface area contributed by atoms with Crippen LogP contribution in [-0.4, -0.2) is 37.4 Å². The molecular weight excluding hydrogens is 238 g/mol. The van der Waals surface area contributed by atoms with E-state index < -0.39 is 6.04 Å². The maximum absolute atomic E-state index is 11.4. The number of rotatable bonds is 9. The van der Waals surface area contributed by atoms with Crippen LogP contribution in [0.5, 0.6) is 0 Å². The molecule has 0 radical (unpaired) electrons. The third kappa shape index (κ3) is 6.19. The average molecular weight is 259 g/mol. The fourth-order valence-electron chi connectivity index (χ4n) is 1.17. The van der Waals surface area contributed by atoms with E-state index in [2.05, 4.69) is 15.2 Å². The summed E-state index contributed by atoms with van der Waals surface area (Å²) in [7, 11) is 1.32. The third-order valence-corrected chi connectivity index (χ3v) is 2.17. The van der Waals surface area contributed by atoms with Gasteiger partial charge in [-0.1, -0.05) is 13.8 Å². The molecule has 18 heavy (non-hydrogen) atoms. The van der Waals surface area contributed by atoms with Gasteiger partial charge in [0.1, 0.15) is 6.04 Å². The number of carbonyl (C=O) groups is 1. The van der Waals surface area contributed by atoms with E-state index in [1.54, 1.807) is 0 Å². The zero-order valence-corrected chi connectivity index (χ0v) is 11.0. The van der Waals surface area contributed by atoms with Crippen molar-refractivity contribution >= 4 is 5.97 Å². The molecule has 0 aromatic carbocycles. The number of aliphatic hydroxyl groups is 1. The number of nitrogens with one attached hydrogen (secondary N) is 2. The predicted molar refractivity (Wildman–Crippen MR) is 64.7 cm³/mol. The summed E-state index contributed by atoms with van der Waals surface area (Å²) in [4.78, 5) is 11.4. The zero-order valence-electron chi connectivity index (χ0n) is 11.0. The van der Waals surface area contributed by atoms with Crippen molar-refractivity contribution in [2.24, 2.45) is 11.0 Å². The van der Waals surface area contributed by atoms with Crippen molar-refractivity contribution in [3.05, 3.63) is 12.1 Å². The highest BCUT2D eigenvalue weighted by atomic mass is 16.5. The minimum absolute atomic E-state index is 0.00941. The van der Waals surface area contributed by atoms with Gasteiger partial charge in [-0.05, 0) is 5.92 Å². The molecule has 0 saturated carbocycles.